The molecule has 1 fully saturated rings. The van der Waals surface area contributed by atoms with Crippen LogP contribution in [0, 0.1) is 18.2 Å². The van der Waals surface area contributed by atoms with E-state index < -0.39 is 0 Å². The Kier molecular flexibility index (Phi) is 2.37. The minimum Gasteiger partial charge on any atom is -0.294 e. The lowest BCUT2D eigenvalue weighted by atomic mass is 9.92. The summed E-state index contributed by atoms with van der Waals surface area (Å²) in [5, 5.41) is 0. The highest BCUT2D eigenvalue weighted by Crippen LogP contribution is 2.50. The van der Waals surface area contributed by atoms with Crippen LogP contribution in [0.4, 0.5) is 4.39 Å². The molecule has 0 heterocycles. The molecule has 0 N–H and O–H groups in total. The predicted octanol–water partition coefficient (Wildman–Crippen LogP) is 3.51. The second-order valence-corrected chi connectivity index (χ2v) is 4.43. The summed E-state index contributed by atoms with van der Waals surface area (Å²) >= 11 is 0. The van der Waals surface area contributed by atoms with Gasteiger partial charge in [0.05, 0.1) is 0 Å². The molecule has 15 heavy (non-hydrogen) atoms. The number of Topliss-reactive ketones (excluding diaryl/α,β-unsaturated/α-hetero) is 1. The average molecular weight is 206 g/mol. The van der Waals surface area contributed by atoms with Crippen molar-refractivity contribution in [1.29, 1.82) is 0 Å². The van der Waals surface area contributed by atoms with Gasteiger partial charge in [0.1, 0.15) is 5.82 Å². The molecule has 0 spiro atoms. The van der Waals surface area contributed by atoms with E-state index in [0.717, 1.165) is 19.3 Å². The molecule has 80 valence electrons. The standard InChI is InChI=1S/C13H15FO/c1-3-13(6-7-13)12(15)10-5-4-9(2)11(14)8-10/h4-5,8H,3,6-7H2,1-2H3. The fourth-order valence-electron chi connectivity index (χ4n) is 1.93. The van der Waals surface area contributed by atoms with Gasteiger partial charge in [-0.05, 0) is 37.8 Å². The first-order valence-corrected chi connectivity index (χ1v) is 5.40. The summed E-state index contributed by atoms with van der Waals surface area (Å²) in [6, 6.07) is 4.78. The topological polar surface area (TPSA) is 17.1 Å². The maximum absolute atomic E-state index is 13.3. The van der Waals surface area contributed by atoms with Gasteiger partial charge in [-0.1, -0.05) is 19.1 Å². The zero-order valence-electron chi connectivity index (χ0n) is 9.14. The fourth-order valence-corrected chi connectivity index (χ4v) is 1.93. The van der Waals surface area contributed by atoms with Gasteiger partial charge in [0.2, 0.25) is 0 Å². The van der Waals surface area contributed by atoms with Crippen molar-refractivity contribution in [3.63, 3.8) is 0 Å². The summed E-state index contributed by atoms with van der Waals surface area (Å²) in [6.45, 7) is 3.73. The molecule has 0 aromatic heterocycles. The number of aryl methyl sites for hydroxylation is 1. The zero-order chi connectivity index (χ0) is 11.1. The highest BCUT2D eigenvalue weighted by molar-refractivity contribution is 6.02. The third kappa shape index (κ3) is 1.69. The minimum atomic E-state index is -0.284. The molecule has 0 aliphatic heterocycles. The minimum absolute atomic E-state index is 0.115. The van der Waals surface area contributed by atoms with Gasteiger partial charge in [-0.15, -0.1) is 0 Å². The maximum atomic E-state index is 13.3. The van der Waals surface area contributed by atoms with E-state index in [4.69, 9.17) is 0 Å². The first-order chi connectivity index (χ1) is 7.09. The Labute approximate surface area is 89.3 Å². The number of hydrogen-bond donors (Lipinski definition) is 0. The first-order valence-electron chi connectivity index (χ1n) is 5.40. The number of benzene rings is 1. The lowest BCUT2D eigenvalue weighted by Gasteiger charge is -2.11. The predicted molar refractivity (Wildman–Crippen MR) is 57.4 cm³/mol. The maximum Gasteiger partial charge on any atom is 0.169 e. The van der Waals surface area contributed by atoms with Crippen LogP contribution in [0.1, 0.15) is 42.1 Å². The van der Waals surface area contributed by atoms with Crippen LogP contribution in [0.15, 0.2) is 18.2 Å². The van der Waals surface area contributed by atoms with E-state index in [1.54, 1.807) is 19.1 Å². The summed E-state index contributed by atoms with van der Waals surface area (Å²) in [6.07, 6.45) is 2.77. The van der Waals surface area contributed by atoms with Crippen molar-refractivity contribution < 1.29 is 9.18 Å². The normalized spacial score (nSPS) is 17.5. The Bertz CT molecular complexity index is 405. The van der Waals surface area contributed by atoms with Gasteiger partial charge in [0.15, 0.2) is 5.78 Å². The van der Waals surface area contributed by atoms with Crippen LogP contribution in [0.25, 0.3) is 0 Å². The van der Waals surface area contributed by atoms with Crippen molar-refractivity contribution in [1.82, 2.24) is 0 Å². The summed E-state index contributed by atoms with van der Waals surface area (Å²) in [7, 11) is 0. The molecule has 0 unspecified atom stereocenters. The van der Waals surface area contributed by atoms with Crippen molar-refractivity contribution in [3.8, 4) is 0 Å². The molecular weight excluding hydrogens is 191 g/mol. The molecule has 0 saturated heterocycles. The van der Waals surface area contributed by atoms with Gasteiger partial charge in [0.25, 0.3) is 0 Å². The first kappa shape index (κ1) is 10.3. The molecule has 2 heteroatoms. The molecule has 0 bridgehead atoms. The molecule has 1 aliphatic carbocycles. The highest BCUT2D eigenvalue weighted by Gasteiger charge is 2.47. The number of hydrogen-bond acceptors (Lipinski definition) is 1. The molecule has 1 nitrogen and oxygen atoms in total. The van der Waals surface area contributed by atoms with E-state index in [2.05, 4.69) is 0 Å². The van der Waals surface area contributed by atoms with Crippen LogP contribution in [0.5, 0.6) is 0 Å². The van der Waals surface area contributed by atoms with Gasteiger partial charge in [0, 0.05) is 11.0 Å². The summed E-state index contributed by atoms with van der Waals surface area (Å²) < 4.78 is 13.3. The Balaban J connectivity index is 2.30. The number of carbonyl (C=O) groups is 1. The molecule has 2 rings (SSSR count). The van der Waals surface area contributed by atoms with Crippen molar-refractivity contribution in [2.24, 2.45) is 5.41 Å². The van der Waals surface area contributed by atoms with E-state index in [9.17, 15) is 9.18 Å². The van der Waals surface area contributed by atoms with Crippen molar-refractivity contribution >= 4 is 5.78 Å². The summed E-state index contributed by atoms with van der Waals surface area (Å²) in [5.41, 5.74) is 0.951. The monoisotopic (exact) mass is 206 g/mol. The fraction of sp³-hybridized carbons (Fsp3) is 0.462. The van der Waals surface area contributed by atoms with Crippen LogP contribution < -0.4 is 0 Å². The van der Waals surface area contributed by atoms with Crippen LogP contribution in [-0.4, -0.2) is 5.78 Å². The SMILES string of the molecule is CCC1(C(=O)c2ccc(C)c(F)c2)CC1. The second-order valence-electron chi connectivity index (χ2n) is 4.43. The summed E-state index contributed by atoms with van der Waals surface area (Å²) in [5.74, 6) is -0.170. The van der Waals surface area contributed by atoms with Gasteiger partial charge >= 0.3 is 0 Å². The van der Waals surface area contributed by atoms with E-state index >= 15 is 0 Å². The lowest BCUT2D eigenvalue weighted by molar-refractivity contribution is 0.0896. The number of ketones is 1. The van der Waals surface area contributed by atoms with Gasteiger partial charge in [-0.2, -0.15) is 0 Å². The van der Waals surface area contributed by atoms with Crippen LogP contribution in [0.2, 0.25) is 0 Å². The molecule has 0 amide bonds. The number of halogens is 1. The smallest absolute Gasteiger partial charge is 0.169 e. The summed E-state index contributed by atoms with van der Waals surface area (Å²) in [4.78, 5) is 12.1. The van der Waals surface area contributed by atoms with Gasteiger partial charge in [-0.3, -0.25) is 4.79 Å². The van der Waals surface area contributed by atoms with E-state index in [-0.39, 0.29) is 17.0 Å². The Hall–Kier alpha value is -1.18. The van der Waals surface area contributed by atoms with Crippen molar-refractivity contribution in [2.75, 3.05) is 0 Å². The molecule has 0 radical (unpaired) electrons. The largest absolute Gasteiger partial charge is 0.294 e. The Morgan fingerprint density at radius 3 is 2.60 bits per heavy atom. The second kappa shape index (κ2) is 3.44. The van der Waals surface area contributed by atoms with Crippen LogP contribution in [-0.2, 0) is 0 Å². The number of carbonyl (C=O) groups excluding carboxylic acids is 1. The molecule has 1 aromatic carbocycles. The molecule has 1 aromatic rings. The Morgan fingerprint density at radius 1 is 1.47 bits per heavy atom. The van der Waals surface area contributed by atoms with Gasteiger partial charge < -0.3 is 0 Å². The van der Waals surface area contributed by atoms with Crippen LogP contribution >= 0.6 is 0 Å². The average Bonchev–Trinajstić information content (AvgIpc) is 3.02. The third-order valence-electron chi connectivity index (χ3n) is 3.45. The molecule has 1 aliphatic rings. The van der Waals surface area contributed by atoms with E-state index in [0.29, 0.717) is 11.1 Å². The van der Waals surface area contributed by atoms with Crippen LogP contribution in [0.3, 0.4) is 0 Å². The van der Waals surface area contributed by atoms with E-state index in [1.807, 2.05) is 6.92 Å². The number of rotatable bonds is 3. The quantitative estimate of drug-likeness (QED) is 0.692. The van der Waals surface area contributed by atoms with Gasteiger partial charge in [-0.25, -0.2) is 4.39 Å². The molecular formula is C13H15FO. The lowest BCUT2D eigenvalue weighted by Crippen LogP contribution is -2.15. The van der Waals surface area contributed by atoms with Crippen molar-refractivity contribution in [2.45, 2.75) is 33.1 Å². The highest BCUT2D eigenvalue weighted by atomic mass is 19.1. The van der Waals surface area contributed by atoms with Crippen molar-refractivity contribution in [3.05, 3.63) is 35.1 Å². The molecule has 0 atom stereocenters. The zero-order valence-corrected chi connectivity index (χ0v) is 9.14. The Morgan fingerprint density at radius 2 is 2.13 bits per heavy atom. The third-order valence-corrected chi connectivity index (χ3v) is 3.45. The van der Waals surface area contributed by atoms with E-state index in [1.165, 1.54) is 6.07 Å². The molecule has 1 saturated carbocycles.